The maximum Gasteiger partial charge on any atom is 0.209 e. The zero-order chi connectivity index (χ0) is 13.6. The Hall–Kier alpha value is -1.78. The summed E-state index contributed by atoms with van der Waals surface area (Å²) in [7, 11) is -3.41. The molecule has 0 aliphatic rings. The third-order valence-electron chi connectivity index (χ3n) is 2.35. The first kappa shape index (κ1) is 14.3. The Morgan fingerprint density at radius 1 is 1.39 bits per heavy atom. The number of sulfonamides is 1. The smallest absolute Gasteiger partial charge is 0.209 e. The molecule has 0 atom stereocenters. The summed E-state index contributed by atoms with van der Waals surface area (Å²) in [5.41, 5.74) is 7.86. The molecule has 1 rings (SSSR count). The normalized spacial score (nSPS) is 10.9. The summed E-state index contributed by atoms with van der Waals surface area (Å²) in [5, 5.41) is 16.6. The molecule has 1 aromatic rings. The highest BCUT2D eigenvalue weighted by Gasteiger charge is 2.03. The van der Waals surface area contributed by atoms with Crippen molar-refractivity contribution < 1.29 is 8.42 Å². The van der Waals surface area contributed by atoms with Gasteiger partial charge in [-0.3, -0.25) is 0 Å². The van der Waals surface area contributed by atoms with E-state index in [-0.39, 0.29) is 12.2 Å². The van der Waals surface area contributed by atoms with Crippen molar-refractivity contribution in [2.24, 2.45) is 5.14 Å². The van der Waals surface area contributed by atoms with Gasteiger partial charge >= 0.3 is 0 Å². The lowest BCUT2D eigenvalue weighted by molar-refractivity contribution is 0.596. The highest BCUT2D eigenvalue weighted by molar-refractivity contribution is 7.89. The number of anilines is 2. The van der Waals surface area contributed by atoms with Crippen LogP contribution < -0.4 is 16.2 Å². The molecule has 0 aliphatic heterocycles. The number of nitrogen functional groups attached to an aromatic ring is 1. The van der Waals surface area contributed by atoms with Gasteiger partial charge in [-0.1, -0.05) is 0 Å². The van der Waals surface area contributed by atoms with E-state index >= 15 is 0 Å². The average molecular weight is 268 g/mol. The lowest BCUT2D eigenvalue weighted by Gasteiger charge is -2.08. The number of nitrogens with zero attached hydrogens (tertiary/aromatic N) is 1. The quantitative estimate of drug-likeness (QED) is 0.510. The molecule has 0 bridgehead atoms. The van der Waals surface area contributed by atoms with Gasteiger partial charge in [0.1, 0.15) is 0 Å². The minimum absolute atomic E-state index is 0.0555. The zero-order valence-corrected chi connectivity index (χ0v) is 10.7. The number of benzene rings is 1. The molecule has 0 saturated heterocycles. The van der Waals surface area contributed by atoms with Crippen LogP contribution in [-0.2, 0) is 16.4 Å². The van der Waals surface area contributed by atoms with E-state index in [1.54, 1.807) is 18.2 Å². The standard InChI is InChI=1S/C11H16N4O2S/c12-5-4-9-8-10(2-3-11(9)13)15-6-1-7-18(14,16)17/h2-3,8,15H,1,4,6-7,13H2,(H2,14,16,17). The van der Waals surface area contributed by atoms with E-state index in [0.717, 1.165) is 11.3 Å². The van der Waals surface area contributed by atoms with Gasteiger partial charge in [-0.15, -0.1) is 0 Å². The van der Waals surface area contributed by atoms with Crippen LogP contribution in [0.15, 0.2) is 18.2 Å². The maximum absolute atomic E-state index is 10.7. The molecule has 0 spiro atoms. The second-order valence-corrected chi connectivity index (χ2v) is 5.63. The first-order valence-electron chi connectivity index (χ1n) is 5.42. The van der Waals surface area contributed by atoms with Crippen molar-refractivity contribution in [2.45, 2.75) is 12.8 Å². The lowest BCUT2D eigenvalue weighted by Crippen LogP contribution is -2.18. The van der Waals surface area contributed by atoms with Crippen LogP contribution in [0.1, 0.15) is 12.0 Å². The van der Waals surface area contributed by atoms with Crippen molar-refractivity contribution in [1.82, 2.24) is 0 Å². The topological polar surface area (TPSA) is 122 Å². The molecule has 1 aromatic carbocycles. The summed E-state index contributed by atoms with van der Waals surface area (Å²) in [6.45, 7) is 0.492. The van der Waals surface area contributed by atoms with Crippen LogP contribution in [-0.4, -0.2) is 20.7 Å². The molecule has 5 N–H and O–H groups in total. The summed E-state index contributed by atoms with van der Waals surface area (Å²) in [4.78, 5) is 0. The molecule has 0 amide bonds. The Morgan fingerprint density at radius 2 is 2.11 bits per heavy atom. The Labute approximate surface area is 107 Å². The molecule has 0 radical (unpaired) electrons. The minimum atomic E-state index is -3.41. The molecule has 0 aliphatic carbocycles. The lowest BCUT2D eigenvalue weighted by atomic mass is 10.1. The number of nitriles is 1. The van der Waals surface area contributed by atoms with Crippen molar-refractivity contribution >= 4 is 21.4 Å². The maximum atomic E-state index is 10.7. The Morgan fingerprint density at radius 3 is 2.72 bits per heavy atom. The van der Waals surface area contributed by atoms with Crippen molar-refractivity contribution in [3.8, 4) is 6.07 Å². The molecule has 6 nitrogen and oxygen atoms in total. The first-order chi connectivity index (χ1) is 8.42. The predicted octanol–water partition coefficient (Wildman–Crippen LogP) is 0.425. The second-order valence-electron chi connectivity index (χ2n) is 3.90. The molecule has 0 saturated carbocycles. The van der Waals surface area contributed by atoms with Crippen molar-refractivity contribution in [1.29, 1.82) is 5.26 Å². The average Bonchev–Trinajstić information content (AvgIpc) is 2.28. The number of hydrogen-bond donors (Lipinski definition) is 3. The highest BCUT2D eigenvalue weighted by atomic mass is 32.2. The number of hydrogen-bond acceptors (Lipinski definition) is 5. The molecule has 18 heavy (non-hydrogen) atoms. The third kappa shape index (κ3) is 5.03. The van der Waals surface area contributed by atoms with E-state index in [0.29, 0.717) is 18.7 Å². The van der Waals surface area contributed by atoms with Crippen molar-refractivity contribution in [3.63, 3.8) is 0 Å². The third-order valence-corrected chi connectivity index (χ3v) is 3.20. The molecular weight excluding hydrogens is 252 g/mol. The van der Waals surface area contributed by atoms with Gasteiger partial charge in [0.05, 0.1) is 18.2 Å². The zero-order valence-electron chi connectivity index (χ0n) is 9.89. The fourth-order valence-electron chi connectivity index (χ4n) is 1.46. The Kier molecular flexibility index (Phi) is 4.95. The van der Waals surface area contributed by atoms with Crippen molar-refractivity contribution in [2.75, 3.05) is 23.3 Å². The van der Waals surface area contributed by atoms with Gasteiger partial charge in [0.15, 0.2) is 0 Å². The van der Waals surface area contributed by atoms with E-state index in [1.165, 1.54) is 0 Å². The van der Waals surface area contributed by atoms with E-state index < -0.39 is 10.0 Å². The van der Waals surface area contributed by atoms with Crippen LogP contribution in [0.25, 0.3) is 0 Å². The van der Waals surface area contributed by atoms with Crippen molar-refractivity contribution in [3.05, 3.63) is 23.8 Å². The van der Waals surface area contributed by atoms with Crippen LogP contribution in [0.5, 0.6) is 0 Å². The minimum Gasteiger partial charge on any atom is -0.398 e. The summed E-state index contributed by atoms with van der Waals surface area (Å²) >= 11 is 0. The summed E-state index contributed by atoms with van der Waals surface area (Å²) in [6, 6.07) is 7.32. The number of rotatable bonds is 6. The van der Waals surface area contributed by atoms with E-state index in [2.05, 4.69) is 5.32 Å². The van der Waals surface area contributed by atoms with E-state index in [4.69, 9.17) is 16.1 Å². The summed E-state index contributed by atoms with van der Waals surface area (Å²) in [5.74, 6) is -0.0555. The fraction of sp³-hybridized carbons (Fsp3) is 0.364. The summed E-state index contributed by atoms with van der Waals surface area (Å²) < 4.78 is 21.4. The van der Waals surface area contributed by atoms with Gasteiger partial charge in [0.2, 0.25) is 10.0 Å². The van der Waals surface area contributed by atoms with Gasteiger partial charge in [-0.2, -0.15) is 5.26 Å². The molecule has 98 valence electrons. The second kappa shape index (κ2) is 6.23. The van der Waals surface area contributed by atoms with Gasteiger partial charge in [-0.05, 0) is 30.2 Å². The van der Waals surface area contributed by atoms with Gasteiger partial charge < -0.3 is 11.1 Å². The predicted molar refractivity (Wildman–Crippen MR) is 71.3 cm³/mol. The Balaban J connectivity index is 2.53. The number of nitrogens with one attached hydrogen (secondary N) is 1. The first-order valence-corrected chi connectivity index (χ1v) is 7.13. The highest BCUT2D eigenvalue weighted by Crippen LogP contribution is 2.18. The summed E-state index contributed by atoms with van der Waals surface area (Å²) in [6.07, 6.45) is 0.676. The number of primary sulfonamides is 1. The SMILES string of the molecule is N#CCc1cc(NCCCS(N)(=O)=O)ccc1N. The fourth-order valence-corrected chi connectivity index (χ4v) is 2.01. The number of nitrogens with two attached hydrogens (primary N) is 2. The molecule has 0 unspecified atom stereocenters. The molecular formula is C11H16N4O2S. The van der Waals surface area contributed by atoms with Gasteiger partial charge in [-0.25, -0.2) is 13.6 Å². The van der Waals surface area contributed by atoms with Crippen LogP contribution in [0, 0.1) is 11.3 Å². The van der Waals surface area contributed by atoms with Crippen LogP contribution in [0.2, 0.25) is 0 Å². The monoisotopic (exact) mass is 268 g/mol. The Bertz CT molecular complexity index is 549. The van der Waals surface area contributed by atoms with Crippen LogP contribution >= 0.6 is 0 Å². The van der Waals surface area contributed by atoms with Gasteiger partial charge in [0, 0.05) is 17.9 Å². The van der Waals surface area contributed by atoms with E-state index in [9.17, 15) is 8.42 Å². The molecule has 0 heterocycles. The molecule has 0 aromatic heterocycles. The van der Waals surface area contributed by atoms with Gasteiger partial charge in [0.25, 0.3) is 0 Å². The molecule has 0 fully saturated rings. The van der Waals surface area contributed by atoms with E-state index in [1.807, 2.05) is 6.07 Å². The molecule has 7 heteroatoms. The van der Waals surface area contributed by atoms with Crippen LogP contribution in [0.3, 0.4) is 0 Å². The largest absolute Gasteiger partial charge is 0.398 e. The van der Waals surface area contributed by atoms with Crippen LogP contribution in [0.4, 0.5) is 11.4 Å².